The topological polar surface area (TPSA) is 76.5 Å². The zero-order valence-corrected chi connectivity index (χ0v) is 15.4. The molecule has 0 radical (unpaired) electrons. The maximum absolute atomic E-state index is 12.5. The third-order valence-corrected chi connectivity index (χ3v) is 4.68. The molecule has 0 fully saturated rings. The number of benzene rings is 2. The van der Waals surface area contributed by atoms with E-state index >= 15 is 0 Å². The molecule has 1 aliphatic heterocycles. The van der Waals surface area contributed by atoms with E-state index < -0.39 is 0 Å². The van der Waals surface area contributed by atoms with Crippen molar-refractivity contribution in [2.24, 2.45) is 0 Å². The second-order valence-electron chi connectivity index (χ2n) is 6.59. The fourth-order valence-electron chi connectivity index (χ4n) is 3.19. The Kier molecular flexibility index (Phi) is 4.80. The Balaban J connectivity index is 1.42. The minimum atomic E-state index is -0.230. The number of hydrogen-bond donors (Lipinski definition) is 1. The second-order valence-corrected chi connectivity index (χ2v) is 6.59. The molecular weight excluding hydrogens is 356 g/mol. The SMILES string of the molecule is C[C@@H](NC(=O)CN1C(=O)COc2ccccc21)c1ccc(-n2ccnc2)cc1. The molecule has 0 spiro atoms. The van der Waals surface area contributed by atoms with Gasteiger partial charge in [0.15, 0.2) is 6.61 Å². The standard InChI is InChI=1S/C21H20N4O3/c1-15(16-6-8-17(9-7-16)24-11-10-22-14-24)23-20(26)12-25-18-4-2-3-5-19(18)28-13-21(25)27/h2-11,14-15H,12-13H2,1H3,(H,23,26)/t15-/m1/s1. The zero-order valence-electron chi connectivity index (χ0n) is 15.4. The number of amides is 2. The molecule has 2 aromatic carbocycles. The number of fused-ring (bicyclic) bond motifs is 1. The molecule has 0 saturated carbocycles. The molecular formula is C21H20N4O3. The number of carbonyl (C=O) groups excluding carboxylic acids is 2. The van der Waals surface area contributed by atoms with Gasteiger partial charge in [-0.3, -0.25) is 14.5 Å². The van der Waals surface area contributed by atoms with Crippen molar-refractivity contribution < 1.29 is 14.3 Å². The largest absolute Gasteiger partial charge is 0.482 e. The molecule has 0 unspecified atom stereocenters. The summed E-state index contributed by atoms with van der Waals surface area (Å²) >= 11 is 0. The summed E-state index contributed by atoms with van der Waals surface area (Å²) in [4.78, 5) is 30.3. The van der Waals surface area contributed by atoms with Gasteiger partial charge in [0.2, 0.25) is 5.91 Å². The molecule has 2 heterocycles. The van der Waals surface area contributed by atoms with Crippen LogP contribution in [0.3, 0.4) is 0 Å². The molecule has 142 valence electrons. The van der Waals surface area contributed by atoms with Crippen LogP contribution in [0.4, 0.5) is 5.69 Å². The Bertz CT molecular complexity index is 983. The minimum absolute atomic E-state index is 0.0450. The van der Waals surface area contributed by atoms with Crippen molar-refractivity contribution in [2.45, 2.75) is 13.0 Å². The molecule has 2 amide bonds. The first-order valence-electron chi connectivity index (χ1n) is 9.01. The normalized spacial score (nSPS) is 14.2. The number of hydrogen-bond acceptors (Lipinski definition) is 4. The molecule has 7 heteroatoms. The van der Waals surface area contributed by atoms with Crippen LogP contribution >= 0.6 is 0 Å². The summed E-state index contributed by atoms with van der Waals surface area (Å²) in [6, 6.07) is 14.9. The van der Waals surface area contributed by atoms with Crippen LogP contribution in [0.25, 0.3) is 5.69 Å². The molecule has 0 aliphatic carbocycles. The number of nitrogens with one attached hydrogen (secondary N) is 1. The Labute approximate surface area is 162 Å². The Morgan fingerprint density at radius 2 is 2.00 bits per heavy atom. The predicted molar refractivity (Wildman–Crippen MR) is 104 cm³/mol. The van der Waals surface area contributed by atoms with Crippen molar-refractivity contribution in [3.05, 3.63) is 72.8 Å². The van der Waals surface area contributed by atoms with Crippen molar-refractivity contribution in [1.29, 1.82) is 0 Å². The molecule has 1 N–H and O–H groups in total. The summed E-state index contributed by atoms with van der Waals surface area (Å²) in [7, 11) is 0. The molecule has 1 aliphatic rings. The van der Waals surface area contributed by atoms with Gasteiger partial charge >= 0.3 is 0 Å². The van der Waals surface area contributed by atoms with Crippen LogP contribution < -0.4 is 15.0 Å². The molecule has 1 atom stereocenters. The highest BCUT2D eigenvalue weighted by atomic mass is 16.5. The van der Waals surface area contributed by atoms with Gasteiger partial charge in [0.25, 0.3) is 5.91 Å². The maximum Gasteiger partial charge on any atom is 0.265 e. The Morgan fingerprint density at radius 1 is 1.21 bits per heavy atom. The lowest BCUT2D eigenvalue weighted by Gasteiger charge is -2.29. The Hall–Kier alpha value is -3.61. The van der Waals surface area contributed by atoms with Crippen LogP contribution in [0.2, 0.25) is 0 Å². The van der Waals surface area contributed by atoms with Gasteiger partial charge in [-0.15, -0.1) is 0 Å². The van der Waals surface area contributed by atoms with E-state index in [1.54, 1.807) is 24.7 Å². The van der Waals surface area contributed by atoms with Gasteiger partial charge < -0.3 is 14.6 Å². The van der Waals surface area contributed by atoms with Gasteiger partial charge in [0, 0.05) is 18.1 Å². The molecule has 3 aromatic rings. The third kappa shape index (κ3) is 3.59. The van der Waals surface area contributed by atoms with E-state index in [0.717, 1.165) is 11.3 Å². The van der Waals surface area contributed by atoms with Gasteiger partial charge in [0.1, 0.15) is 12.3 Å². The van der Waals surface area contributed by atoms with Crippen molar-refractivity contribution in [1.82, 2.24) is 14.9 Å². The fraction of sp³-hybridized carbons (Fsp3) is 0.190. The van der Waals surface area contributed by atoms with Crippen LogP contribution in [0.5, 0.6) is 5.75 Å². The van der Waals surface area contributed by atoms with Crippen molar-refractivity contribution >= 4 is 17.5 Å². The quantitative estimate of drug-likeness (QED) is 0.742. The van der Waals surface area contributed by atoms with Crippen LogP contribution in [-0.4, -0.2) is 34.5 Å². The van der Waals surface area contributed by atoms with E-state index in [1.807, 2.05) is 54.1 Å². The summed E-state index contributed by atoms with van der Waals surface area (Å²) < 4.78 is 7.32. The highest BCUT2D eigenvalue weighted by molar-refractivity contribution is 6.02. The van der Waals surface area contributed by atoms with E-state index in [9.17, 15) is 9.59 Å². The predicted octanol–water partition coefficient (Wildman–Crippen LogP) is 2.48. The summed E-state index contributed by atoms with van der Waals surface area (Å²) in [5.74, 6) is 0.153. The lowest BCUT2D eigenvalue weighted by atomic mass is 10.1. The molecule has 1 aromatic heterocycles. The fourth-order valence-corrected chi connectivity index (χ4v) is 3.19. The number of aromatic nitrogens is 2. The number of nitrogens with zero attached hydrogens (tertiary/aromatic N) is 3. The third-order valence-electron chi connectivity index (χ3n) is 4.68. The summed E-state index contributed by atoms with van der Waals surface area (Å²) in [5, 5.41) is 2.96. The smallest absolute Gasteiger partial charge is 0.265 e. The van der Waals surface area contributed by atoms with E-state index in [2.05, 4.69) is 10.3 Å². The summed E-state index contributed by atoms with van der Waals surface area (Å²) in [5.41, 5.74) is 2.59. The average molecular weight is 376 g/mol. The van der Waals surface area contributed by atoms with Gasteiger partial charge in [-0.25, -0.2) is 4.98 Å². The van der Waals surface area contributed by atoms with Crippen LogP contribution in [0.15, 0.2) is 67.3 Å². The highest BCUT2D eigenvalue weighted by Gasteiger charge is 2.27. The summed E-state index contributed by atoms with van der Waals surface area (Å²) in [6.07, 6.45) is 5.33. The molecule has 0 bridgehead atoms. The highest BCUT2D eigenvalue weighted by Crippen LogP contribution is 2.31. The first-order valence-corrected chi connectivity index (χ1v) is 9.01. The monoisotopic (exact) mass is 376 g/mol. The molecule has 0 saturated heterocycles. The van der Waals surface area contributed by atoms with E-state index in [-0.39, 0.29) is 31.0 Å². The number of carbonyl (C=O) groups is 2. The lowest BCUT2D eigenvalue weighted by molar-refractivity contribution is -0.125. The van der Waals surface area contributed by atoms with Crippen LogP contribution in [-0.2, 0) is 9.59 Å². The molecule has 7 nitrogen and oxygen atoms in total. The van der Waals surface area contributed by atoms with Crippen molar-refractivity contribution in [2.75, 3.05) is 18.1 Å². The van der Waals surface area contributed by atoms with Crippen molar-refractivity contribution in [3.8, 4) is 11.4 Å². The minimum Gasteiger partial charge on any atom is -0.482 e. The van der Waals surface area contributed by atoms with Gasteiger partial charge in [-0.2, -0.15) is 0 Å². The maximum atomic E-state index is 12.5. The van der Waals surface area contributed by atoms with Crippen LogP contribution in [0, 0.1) is 0 Å². The van der Waals surface area contributed by atoms with Gasteiger partial charge in [-0.1, -0.05) is 24.3 Å². The molecule has 28 heavy (non-hydrogen) atoms. The second kappa shape index (κ2) is 7.56. The number of rotatable bonds is 5. The average Bonchev–Trinajstić information content (AvgIpc) is 3.25. The first-order chi connectivity index (χ1) is 13.6. The van der Waals surface area contributed by atoms with Crippen molar-refractivity contribution in [3.63, 3.8) is 0 Å². The van der Waals surface area contributed by atoms with Crippen LogP contribution in [0.1, 0.15) is 18.5 Å². The Morgan fingerprint density at radius 3 is 2.75 bits per heavy atom. The number of ether oxygens (including phenoxy) is 1. The zero-order chi connectivity index (χ0) is 19.5. The number of imidazole rings is 1. The van der Waals surface area contributed by atoms with Gasteiger partial charge in [0.05, 0.1) is 18.1 Å². The van der Waals surface area contributed by atoms with E-state index in [0.29, 0.717) is 11.4 Å². The number of anilines is 1. The van der Waals surface area contributed by atoms with E-state index in [4.69, 9.17) is 4.74 Å². The summed E-state index contributed by atoms with van der Waals surface area (Å²) in [6.45, 7) is 1.81. The molecule has 4 rings (SSSR count). The van der Waals surface area contributed by atoms with E-state index in [1.165, 1.54) is 4.90 Å². The van der Waals surface area contributed by atoms with Gasteiger partial charge in [-0.05, 0) is 36.8 Å². The number of para-hydroxylation sites is 2. The lowest BCUT2D eigenvalue weighted by Crippen LogP contribution is -2.45. The first kappa shape index (κ1) is 17.8.